The zero-order valence-electron chi connectivity index (χ0n) is 13.6. The van der Waals surface area contributed by atoms with Gasteiger partial charge in [0.25, 0.3) is 0 Å². The number of hydrogen-bond acceptors (Lipinski definition) is 3. The van der Waals surface area contributed by atoms with Gasteiger partial charge in [0.05, 0.1) is 19.2 Å². The molecule has 2 aliphatic rings. The third-order valence-corrected chi connectivity index (χ3v) is 5.28. The van der Waals surface area contributed by atoms with Crippen molar-refractivity contribution >= 4 is 17.5 Å². The molecule has 3 atom stereocenters. The molecular formula is C18H25ClN2O2. The van der Waals surface area contributed by atoms with Gasteiger partial charge >= 0.3 is 0 Å². The van der Waals surface area contributed by atoms with Crippen LogP contribution >= 0.6 is 11.6 Å². The van der Waals surface area contributed by atoms with Gasteiger partial charge in [0, 0.05) is 17.0 Å². The summed E-state index contributed by atoms with van der Waals surface area (Å²) < 4.78 is 5.93. The molecule has 1 N–H and O–H groups in total. The molecule has 0 radical (unpaired) electrons. The van der Waals surface area contributed by atoms with E-state index >= 15 is 0 Å². The van der Waals surface area contributed by atoms with E-state index < -0.39 is 0 Å². The highest BCUT2D eigenvalue weighted by Gasteiger charge is 2.31. The van der Waals surface area contributed by atoms with Gasteiger partial charge in [-0.15, -0.1) is 0 Å². The minimum atomic E-state index is -0.128. The Morgan fingerprint density at radius 3 is 3.00 bits per heavy atom. The second-order valence-electron chi connectivity index (χ2n) is 6.64. The Bertz CT molecular complexity index is 546. The molecule has 126 valence electrons. The molecule has 3 rings (SSSR count). The van der Waals surface area contributed by atoms with Crippen molar-refractivity contribution in [3.63, 3.8) is 0 Å². The Kier molecular flexibility index (Phi) is 5.57. The van der Waals surface area contributed by atoms with E-state index in [0.717, 1.165) is 25.1 Å². The van der Waals surface area contributed by atoms with E-state index in [0.29, 0.717) is 30.5 Å². The average molecular weight is 337 g/mol. The molecule has 3 unspecified atom stereocenters. The minimum Gasteiger partial charge on any atom is -0.369 e. The molecule has 0 saturated carbocycles. The lowest BCUT2D eigenvalue weighted by atomic mass is 10.0. The second-order valence-corrected chi connectivity index (χ2v) is 7.04. The van der Waals surface area contributed by atoms with E-state index in [4.69, 9.17) is 16.3 Å². The first-order valence-electron chi connectivity index (χ1n) is 8.51. The number of nitrogens with zero attached hydrogens (tertiary/aromatic N) is 1. The lowest BCUT2D eigenvalue weighted by molar-refractivity contribution is -0.144. The van der Waals surface area contributed by atoms with Crippen LogP contribution in [0.3, 0.4) is 0 Å². The van der Waals surface area contributed by atoms with Crippen molar-refractivity contribution in [3.05, 3.63) is 34.9 Å². The zero-order chi connectivity index (χ0) is 16.2. The topological polar surface area (TPSA) is 41.6 Å². The summed E-state index contributed by atoms with van der Waals surface area (Å²) in [5, 5.41) is 4.06. The minimum absolute atomic E-state index is 0.128. The van der Waals surface area contributed by atoms with Crippen molar-refractivity contribution in [2.75, 3.05) is 26.2 Å². The van der Waals surface area contributed by atoms with E-state index in [1.54, 1.807) is 0 Å². The van der Waals surface area contributed by atoms with Crippen LogP contribution in [0.2, 0.25) is 5.02 Å². The van der Waals surface area contributed by atoms with Gasteiger partial charge in [-0.25, -0.2) is 0 Å². The molecule has 23 heavy (non-hydrogen) atoms. The molecule has 0 spiro atoms. The predicted octanol–water partition coefficient (Wildman–Crippen LogP) is 3.02. The average Bonchev–Trinajstić information content (AvgIpc) is 3.07. The molecule has 4 nitrogen and oxygen atoms in total. The number of carbonyl (C=O) groups is 1. The molecule has 2 fully saturated rings. The van der Waals surface area contributed by atoms with Crippen molar-refractivity contribution in [1.29, 1.82) is 0 Å². The highest BCUT2D eigenvalue weighted by atomic mass is 35.5. The van der Waals surface area contributed by atoms with Crippen LogP contribution in [-0.2, 0) is 9.53 Å². The molecule has 0 aromatic heterocycles. The Morgan fingerprint density at radius 1 is 1.43 bits per heavy atom. The van der Waals surface area contributed by atoms with E-state index in [1.807, 2.05) is 29.2 Å². The van der Waals surface area contributed by atoms with Gasteiger partial charge in [-0.05, 0) is 44.8 Å². The fourth-order valence-electron chi connectivity index (χ4n) is 3.46. The smallest absolute Gasteiger partial charge is 0.222 e. The molecule has 1 aromatic rings. The molecule has 0 aliphatic carbocycles. The van der Waals surface area contributed by atoms with Crippen LogP contribution in [0.25, 0.3) is 0 Å². The largest absolute Gasteiger partial charge is 0.369 e. The first-order valence-corrected chi connectivity index (χ1v) is 8.89. The van der Waals surface area contributed by atoms with Gasteiger partial charge in [-0.1, -0.05) is 29.8 Å². The number of ether oxygens (including phenoxy) is 1. The van der Waals surface area contributed by atoms with Gasteiger partial charge < -0.3 is 15.0 Å². The normalized spacial score (nSPS) is 28.1. The first-order chi connectivity index (χ1) is 11.1. The lowest BCUT2D eigenvalue weighted by Crippen LogP contribution is -2.48. The Hall–Kier alpha value is -1.10. The molecule has 2 aliphatic heterocycles. The monoisotopic (exact) mass is 336 g/mol. The van der Waals surface area contributed by atoms with E-state index in [-0.39, 0.29) is 18.1 Å². The summed E-state index contributed by atoms with van der Waals surface area (Å²) in [7, 11) is 0. The second kappa shape index (κ2) is 7.65. The fraction of sp³-hybridized carbons (Fsp3) is 0.611. The molecule has 1 amide bonds. The Morgan fingerprint density at radius 2 is 2.26 bits per heavy atom. The highest BCUT2D eigenvalue weighted by molar-refractivity contribution is 6.31. The summed E-state index contributed by atoms with van der Waals surface area (Å²) in [4.78, 5) is 14.6. The summed E-state index contributed by atoms with van der Waals surface area (Å²) in [6.07, 6.45) is 2.67. The maximum atomic E-state index is 12.6. The van der Waals surface area contributed by atoms with Crippen molar-refractivity contribution in [1.82, 2.24) is 10.2 Å². The predicted molar refractivity (Wildman–Crippen MR) is 91.5 cm³/mol. The number of benzene rings is 1. The van der Waals surface area contributed by atoms with Gasteiger partial charge in [0.1, 0.15) is 6.10 Å². The van der Waals surface area contributed by atoms with Gasteiger partial charge in [-0.3, -0.25) is 4.79 Å². The third-order valence-electron chi connectivity index (χ3n) is 4.93. The Balaban J connectivity index is 1.61. The fourth-order valence-corrected chi connectivity index (χ4v) is 3.72. The summed E-state index contributed by atoms with van der Waals surface area (Å²) in [6, 6.07) is 7.85. The van der Waals surface area contributed by atoms with E-state index in [2.05, 4.69) is 12.2 Å². The van der Waals surface area contributed by atoms with Gasteiger partial charge in [0.2, 0.25) is 5.91 Å². The summed E-state index contributed by atoms with van der Waals surface area (Å²) in [5.41, 5.74) is 0.971. The van der Waals surface area contributed by atoms with Gasteiger partial charge in [0.15, 0.2) is 0 Å². The quantitative estimate of drug-likeness (QED) is 0.919. The van der Waals surface area contributed by atoms with E-state index in [9.17, 15) is 4.79 Å². The maximum absolute atomic E-state index is 12.6. The van der Waals surface area contributed by atoms with Crippen LogP contribution in [0.5, 0.6) is 0 Å². The molecule has 5 heteroatoms. The molecule has 2 heterocycles. The number of hydrogen-bond donors (Lipinski definition) is 1. The zero-order valence-corrected chi connectivity index (χ0v) is 14.4. The number of rotatable bonds is 4. The number of amides is 1. The summed E-state index contributed by atoms with van der Waals surface area (Å²) in [5.74, 6) is 0.888. The third kappa shape index (κ3) is 4.06. The van der Waals surface area contributed by atoms with Crippen LogP contribution in [0.1, 0.15) is 37.9 Å². The lowest BCUT2D eigenvalue weighted by Gasteiger charge is -2.38. The highest BCUT2D eigenvalue weighted by Crippen LogP contribution is 2.30. The standard InChI is InChI=1S/C18H25ClN2O2/c1-13-12-23-17(15-4-2-3-5-16(15)19)11-21(13)18(22)7-6-14-8-9-20-10-14/h2-5,13-14,17,20H,6-12H2,1H3. The van der Waals surface area contributed by atoms with Crippen LogP contribution in [0.4, 0.5) is 0 Å². The van der Waals surface area contributed by atoms with Crippen molar-refractivity contribution in [2.45, 2.75) is 38.3 Å². The van der Waals surface area contributed by atoms with Crippen molar-refractivity contribution in [3.8, 4) is 0 Å². The SMILES string of the molecule is CC1COC(c2ccccc2Cl)CN1C(=O)CCC1CCNC1. The number of halogens is 1. The van der Waals surface area contributed by atoms with Crippen LogP contribution in [0.15, 0.2) is 24.3 Å². The Labute approximate surface area is 143 Å². The maximum Gasteiger partial charge on any atom is 0.222 e. The molecule has 2 saturated heterocycles. The molecule has 1 aromatic carbocycles. The van der Waals surface area contributed by atoms with Crippen molar-refractivity contribution < 1.29 is 9.53 Å². The van der Waals surface area contributed by atoms with Crippen LogP contribution < -0.4 is 5.32 Å². The van der Waals surface area contributed by atoms with Crippen LogP contribution in [-0.4, -0.2) is 43.1 Å². The summed E-state index contributed by atoms with van der Waals surface area (Å²) >= 11 is 6.28. The molecular weight excluding hydrogens is 312 g/mol. The summed E-state index contributed by atoms with van der Waals surface area (Å²) in [6.45, 7) is 5.34. The molecule has 0 bridgehead atoms. The first kappa shape index (κ1) is 16.7. The number of nitrogens with one attached hydrogen (secondary N) is 1. The number of carbonyl (C=O) groups excluding carboxylic acids is 1. The number of morpholine rings is 1. The van der Waals surface area contributed by atoms with E-state index in [1.165, 1.54) is 6.42 Å². The van der Waals surface area contributed by atoms with Crippen molar-refractivity contribution in [2.24, 2.45) is 5.92 Å². The van der Waals surface area contributed by atoms with Crippen LogP contribution in [0, 0.1) is 5.92 Å². The van der Waals surface area contributed by atoms with Gasteiger partial charge in [-0.2, -0.15) is 0 Å².